The summed E-state index contributed by atoms with van der Waals surface area (Å²) in [7, 11) is 0. The van der Waals surface area contributed by atoms with Crippen LogP contribution in [0, 0.1) is 6.92 Å². The van der Waals surface area contributed by atoms with E-state index in [-0.39, 0.29) is 11.8 Å². The molecular weight excluding hydrogens is 320 g/mol. The van der Waals surface area contributed by atoms with Gasteiger partial charge in [-0.05, 0) is 31.9 Å². The number of hydrogen-bond acceptors (Lipinski definition) is 5. The molecule has 0 unspecified atom stereocenters. The topological polar surface area (TPSA) is 73.6 Å². The number of hydrogen-bond donors (Lipinski definition) is 1. The maximum Gasteiger partial charge on any atom is 0.261 e. The smallest absolute Gasteiger partial charge is 0.261 e. The molecule has 2 heterocycles. The predicted octanol–water partition coefficient (Wildman–Crippen LogP) is 4.40. The molecule has 1 fully saturated rings. The fourth-order valence-electron chi connectivity index (χ4n) is 3.54. The molecule has 1 aromatic heterocycles. The molecule has 1 aliphatic carbocycles. The molecule has 0 saturated heterocycles. The van der Waals surface area contributed by atoms with Crippen LogP contribution in [0.1, 0.15) is 67.3 Å². The highest BCUT2D eigenvalue weighted by Gasteiger charge is 2.44. The molecular formula is C19H22N2O4. The number of aryl methyl sites for hydroxylation is 1. The van der Waals surface area contributed by atoms with Gasteiger partial charge < -0.3 is 19.3 Å². The van der Waals surface area contributed by atoms with E-state index in [9.17, 15) is 4.79 Å². The van der Waals surface area contributed by atoms with Crippen LogP contribution in [-0.2, 0) is 0 Å². The van der Waals surface area contributed by atoms with Gasteiger partial charge in [-0.15, -0.1) is 0 Å². The molecule has 1 amide bonds. The number of carbonyl (C=O) groups excluding carboxylic acids is 1. The van der Waals surface area contributed by atoms with Gasteiger partial charge in [0.25, 0.3) is 11.7 Å². The van der Waals surface area contributed by atoms with Crippen molar-refractivity contribution in [3.8, 4) is 11.5 Å². The van der Waals surface area contributed by atoms with Crippen LogP contribution in [0.25, 0.3) is 0 Å². The van der Waals surface area contributed by atoms with E-state index in [2.05, 4.69) is 10.5 Å². The Balaban J connectivity index is 1.55. The lowest BCUT2D eigenvalue weighted by Gasteiger charge is -2.21. The molecule has 25 heavy (non-hydrogen) atoms. The van der Waals surface area contributed by atoms with Crippen LogP contribution in [0.3, 0.4) is 0 Å². The molecule has 0 atom stereocenters. The first-order valence-electron chi connectivity index (χ1n) is 8.77. The quantitative estimate of drug-likeness (QED) is 0.895. The number of carbonyl (C=O) groups is 1. The predicted molar refractivity (Wildman–Crippen MR) is 92.2 cm³/mol. The first-order chi connectivity index (χ1) is 12.0. The molecule has 6 heteroatoms. The van der Waals surface area contributed by atoms with Gasteiger partial charge in [-0.3, -0.25) is 4.79 Å². The average Bonchev–Trinajstić information content (AvgIpc) is 3.25. The standard InChI is InChI=1S/C19H22N2O4/c1-11(2)17-16(12(3)21-25-17)18(22)20-13-6-7-14-15(10-13)24-19(23-14)8-4-5-9-19/h6-7,10-11H,4-5,8-9H2,1-3H3,(H,20,22). The van der Waals surface area contributed by atoms with Gasteiger partial charge in [0, 0.05) is 30.5 Å². The largest absolute Gasteiger partial charge is 0.448 e. The second kappa shape index (κ2) is 5.79. The number of nitrogens with one attached hydrogen (secondary N) is 1. The number of ether oxygens (including phenoxy) is 2. The van der Waals surface area contributed by atoms with Crippen LogP contribution in [0.4, 0.5) is 5.69 Å². The number of benzene rings is 1. The Morgan fingerprint density at radius 2 is 1.92 bits per heavy atom. The molecule has 4 rings (SSSR count). The minimum atomic E-state index is -0.499. The summed E-state index contributed by atoms with van der Waals surface area (Å²) in [6.45, 7) is 5.71. The van der Waals surface area contributed by atoms with Gasteiger partial charge in [0.05, 0.1) is 5.69 Å². The average molecular weight is 342 g/mol. The Morgan fingerprint density at radius 1 is 1.20 bits per heavy atom. The van der Waals surface area contributed by atoms with Crippen LogP contribution in [0.2, 0.25) is 0 Å². The molecule has 2 aliphatic rings. The van der Waals surface area contributed by atoms with Crippen molar-refractivity contribution in [3.05, 3.63) is 35.2 Å². The summed E-state index contributed by atoms with van der Waals surface area (Å²) >= 11 is 0. The maximum absolute atomic E-state index is 12.7. The van der Waals surface area contributed by atoms with E-state index in [1.807, 2.05) is 32.0 Å². The van der Waals surface area contributed by atoms with Gasteiger partial charge >= 0.3 is 0 Å². The second-order valence-electron chi connectivity index (χ2n) is 7.10. The molecule has 0 bridgehead atoms. The maximum atomic E-state index is 12.7. The van der Waals surface area contributed by atoms with Crippen molar-refractivity contribution in [3.63, 3.8) is 0 Å². The monoisotopic (exact) mass is 342 g/mol. The molecule has 1 N–H and O–H groups in total. The lowest BCUT2D eigenvalue weighted by molar-refractivity contribution is -0.0716. The normalized spacial score (nSPS) is 17.4. The number of fused-ring (bicyclic) bond motifs is 1. The zero-order valence-electron chi connectivity index (χ0n) is 14.7. The van der Waals surface area contributed by atoms with Crippen molar-refractivity contribution in [2.45, 2.75) is 58.2 Å². The van der Waals surface area contributed by atoms with Crippen molar-refractivity contribution in [1.29, 1.82) is 0 Å². The van der Waals surface area contributed by atoms with Crippen LogP contribution in [0.5, 0.6) is 11.5 Å². The summed E-state index contributed by atoms with van der Waals surface area (Å²) in [5, 5.41) is 6.84. The Hall–Kier alpha value is -2.50. The van der Waals surface area contributed by atoms with Crippen molar-refractivity contribution < 1.29 is 18.8 Å². The van der Waals surface area contributed by atoms with Gasteiger partial charge in [-0.1, -0.05) is 19.0 Å². The third-order valence-electron chi connectivity index (χ3n) is 4.80. The first kappa shape index (κ1) is 16.0. The van der Waals surface area contributed by atoms with E-state index >= 15 is 0 Å². The minimum Gasteiger partial charge on any atom is -0.448 e. The highest BCUT2D eigenvalue weighted by atomic mass is 16.7. The molecule has 132 valence electrons. The van der Waals surface area contributed by atoms with Gasteiger partial charge in [0.15, 0.2) is 17.3 Å². The van der Waals surface area contributed by atoms with Crippen LogP contribution in [0.15, 0.2) is 22.7 Å². The Morgan fingerprint density at radius 3 is 2.64 bits per heavy atom. The minimum absolute atomic E-state index is 0.0842. The number of anilines is 1. The molecule has 1 spiro atoms. The zero-order chi connectivity index (χ0) is 17.6. The fourth-order valence-corrected chi connectivity index (χ4v) is 3.54. The van der Waals surface area contributed by atoms with E-state index in [1.165, 1.54) is 0 Å². The molecule has 6 nitrogen and oxygen atoms in total. The Kier molecular flexibility index (Phi) is 3.71. The summed E-state index contributed by atoms with van der Waals surface area (Å²) in [4.78, 5) is 12.7. The Bertz CT molecular complexity index is 819. The van der Waals surface area contributed by atoms with Crippen molar-refractivity contribution in [1.82, 2.24) is 5.16 Å². The summed E-state index contributed by atoms with van der Waals surface area (Å²) in [5.41, 5.74) is 1.75. The fraction of sp³-hybridized carbons (Fsp3) is 0.474. The van der Waals surface area contributed by atoms with Gasteiger partial charge in [-0.25, -0.2) is 0 Å². The third-order valence-corrected chi connectivity index (χ3v) is 4.80. The summed E-state index contributed by atoms with van der Waals surface area (Å²) in [5.74, 6) is 1.38. The van der Waals surface area contributed by atoms with E-state index in [0.717, 1.165) is 31.4 Å². The van der Waals surface area contributed by atoms with Crippen LogP contribution >= 0.6 is 0 Å². The van der Waals surface area contributed by atoms with Crippen molar-refractivity contribution in [2.75, 3.05) is 5.32 Å². The summed E-state index contributed by atoms with van der Waals surface area (Å²) in [6.07, 6.45) is 4.03. The van der Waals surface area contributed by atoms with Gasteiger partial charge in [-0.2, -0.15) is 0 Å². The van der Waals surface area contributed by atoms with Gasteiger partial charge in [0.2, 0.25) is 0 Å². The zero-order valence-corrected chi connectivity index (χ0v) is 14.7. The van der Waals surface area contributed by atoms with E-state index in [1.54, 1.807) is 6.92 Å². The number of aromatic nitrogens is 1. The molecule has 1 aliphatic heterocycles. The van der Waals surface area contributed by atoms with Crippen molar-refractivity contribution >= 4 is 11.6 Å². The second-order valence-corrected chi connectivity index (χ2v) is 7.10. The highest BCUT2D eigenvalue weighted by Crippen LogP contribution is 2.47. The molecule has 1 aromatic carbocycles. The summed E-state index contributed by atoms with van der Waals surface area (Å²) in [6, 6.07) is 5.49. The van der Waals surface area contributed by atoms with Crippen LogP contribution in [-0.4, -0.2) is 16.9 Å². The lowest BCUT2D eigenvalue weighted by atomic mass is 10.0. The highest BCUT2D eigenvalue weighted by molar-refractivity contribution is 6.06. The van der Waals surface area contributed by atoms with Crippen LogP contribution < -0.4 is 14.8 Å². The lowest BCUT2D eigenvalue weighted by Crippen LogP contribution is -2.34. The van der Waals surface area contributed by atoms with Crippen molar-refractivity contribution in [2.24, 2.45) is 0 Å². The van der Waals surface area contributed by atoms with E-state index < -0.39 is 5.79 Å². The summed E-state index contributed by atoms with van der Waals surface area (Å²) < 4.78 is 17.3. The number of nitrogens with zero attached hydrogens (tertiary/aromatic N) is 1. The molecule has 1 saturated carbocycles. The number of rotatable bonds is 3. The SMILES string of the molecule is Cc1noc(C(C)C)c1C(=O)Nc1ccc2c(c1)OC1(CCCC1)O2. The molecule has 2 aromatic rings. The third kappa shape index (κ3) is 2.75. The van der Waals surface area contributed by atoms with E-state index in [0.29, 0.717) is 28.5 Å². The number of amides is 1. The Labute approximate surface area is 146 Å². The van der Waals surface area contributed by atoms with E-state index in [4.69, 9.17) is 14.0 Å². The van der Waals surface area contributed by atoms with Gasteiger partial charge in [0.1, 0.15) is 5.56 Å². The molecule has 0 radical (unpaired) electrons. The first-order valence-corrected chi connectivity index (χ1v) is 8.77.